The first-order valence-electron chi connectivity index (χ1n) is 5.36. The molecule has 0 saturated heterocycles. The van der Waals surface area contributed by atoms with E-state index in [0.29, 0.717) is 5.41 Å². The quantitative estimate of drug-likeness (QED) is 0.666. The number of hydrogen-bond acceptors (Lipinski definition) is 1. The largest absolute Gasteiger partial charge is 0.310 e. The van der Waals surface area contributed by atoms with Gasteiger partial charge in [0.25, 0.3) is 0 Å². The van der Waals surface area contributed by atoms with Crippen molar-refractivity contribution in [2.24, 2.45) is 11.3 Å². The van der Waals surface area contributed by atoms with Crippen LogP contribution in [-0.2, 0) is 0 Å². The van der Waals surface area contributed by atoms with Crippen LogP contribution >= 0.6 is 0 Å². The van der Waals surface area contributed by atoms with Gasteiger partial charge in [-0.1, -0.05) is 27.2 Å². The molecule has 2 saturated carbocycles. The van der Waals surface area contributed by atoms with E-state index >= 15 is 0 Å². The topological polar surface area (TPSA) is 12.0 Å². The Hall–Kier alpha value is -0.0400. The van der Waals surface area contributed by atoms with Gasteiger partial charge in [-0.25, -0.2) is 0 Å². The van der Waals surface area contributed by atoms with Gasteiger partial charge in [-0.2, -0.15) is 0 Å². The van der Waals surface area contributed by atoms with Crippen LogP contribution in [0.3, 0.4) is 0 Å². The second-order valence-corrected chi connectivity index (χ2v) is 5.42. The SMILES string of the molecule is C[C@@H]1C[C@H]1NC1CCCC1(C)C. The minimum atomic E-state index is 0.558. The molecule has 2 aliphatic carbocycles. The first-order chi connectivity index (χ1) is 5.59. The van der Waals surface area contributed by atoms with Crippen molar-refractivity contribution in [1.29, 1.82) is 0 Å². The predicted molar refractivity (Wildman–Crippen MR) is 52.1 cm³/mol. The summed E-state index contributed by atoms with van der Waals surface area (Å²) in [5.41, 5.74) is 0.558. The van der Waals surface area contributed by atoms with E-state index < -0.39 is 0 Å². The van der Waals surface area contributed by atoms with Crippen LogP contribution in [0.2, 0.25) is 0 Å². The molecular weight excluding hydrogens is 146 g/mol. The van der Waals surface area contributed by atoms with E-state index in [1.165, 1.54) is 25.7 Å². The number of hydrogen-bond donors (Lipinski definition) is 1. The molecule has 70 valence electrons. The van der Waals surface area contributed by atoms with E-state index in [1.807, 2.05) is 0 Å². The first-order valence-corrected chi connectivity index (χ1v) is 5.36. The smallest absolute Gasteiger partial charge is 0.0121 e. The fourth-order valence-electron chi connectivity index (χ4n) is 2.45. The van der Waals surface area contributed by atoms with E-state index in [1.54, 1.807) is 0 Å². The highest BCUT2D eigenvalue weighted by Crippen LogP contribution is 2.40. The zero-order valence-electron chi connectivity index (χ0n) is 8.56. The molecular formula is C11H21N. The molecule has 0 aromatic rings. The lowest BCUT2D eigenvalue weighted by Crippen LogP contribution is -2.39. The summed E-state index contributed by atoms with van der Waals surface area (Å²) in [7, 11) is 0. The van der Waals surface area contributed by atoms with Crippen molar-refractivity contribution in [2.45, 2.75) is 58.5 Å². The van der Waals surface area contributed by atoms with Crippen LogP contribution in [0.1, 0.15) is 46.5 Å². The van der Waals surface area contributed by atoms with E-state index in [0.717, 1.165) is 18.0 Å². The normalized spacial score (nSPS) is 44.8. The Labute approximate surface area is 75.9 Å². The van der Waals surface area contributed by atoms with Crippen molar-refractivity contribution in [1.82, 2.24) is 5.32 Å². The second kappa shape index (κ2) is 2.73. The molecule has 0 bridgehead atoms. The summed E-state index contributed by atoms with van der Waals surface area (Å²) in [5, 5.41) is 3.79. The molecule has 3 atom stereocenters. The Morgan fingerprint density at radius 2 is 2.00 bits per heavy atom. The van der Waals surface area contributed by atoms with E-state index in [9.17, 15) is 0 Å². The summed E-state index contributed by atoms with van der Waals surface area (Å²) in [6.45, 7) is 7.16. The molecule has 0 heterocycles. The van der Waals surface area contributed by atoms with Gasteiger partial charge in [0.05, 0.1) is 0 Å². The lowest BCUT2D eigenvalue weighted by molar-refractivity contribution is 0.279. The average Bonchev–Trinajstić information content (AvgIpc) is 2.53. The Balaban J connectivity index is 1.87. The van der Waals surface area contributed by atoms with E-state index in [4.69, 9.17) is 0 Å². The number of rotatable bonds is 2. The molecule has 2 fully saturated rings. The molecule has 0 aromatic carbocycles. The highest BCUT2D eigenvalue weighted by molar-refractivity contribution is 4.98. The summed E-state index contributed by atoms with van der Waals surface area (Å²) < 4.78 is 0. The monoisotopic (exact) mass is 167 g/mol. The number of nitrogens with one attached hydrogen (secondary N) is 1. The lowest BCUT2D eigenvalue weighted by atomic mass is 9.87. The van der Waals surface area contributed by atoms with Crippen molar-refractivity contribution >= 4 is 0 Å². The molecule has 2 rings (SSSR count). The van der Waals surface area contributed by atoms with Crippen molar-refractivity contribution in [2.75, 3.05) is 0 Å². The summed E-state index contributed by atoms with van der Waals surface area (Å²) in [6, 6.07) is 1.65. The highest BCUT2D eigenvalue weighted by atomic mass is 15.0. The maximum Gasteiger partial charge on any atom is 0.0121 e. The molecule has 0 aromatic heterocycles. The van der Waals surface area contributed by atoms with Gasteiger partial charge in [0.2, 0.25) is 0 Å². The van der Waals surface area contributed by atoms with Gasteiger partial charge in [-0.3, -0.25) is 0 Å². The van der Waals surface area contributed by atoms with E-state index in [2.05, 4.69) is 26.1 Å². The predicted octanol–water partition coefficient (Wildman–Crippen LogP) is 2.56. The molecule has 2 aliphatic rings. The fraction of sp³-hybridized carbons (Fsp3) is 1.00. The van der Waals surface area contributed by atoms with Crippen LogP contribution in [0, 0.1) is 11.3 Å². The van der Waals surface area contributed by atoms with Gasteiger partial charge in [0.15, 0.2) is 0 Å². The van der Waals surface area contributed by atoms with Gasteiger partial charge in [0, 0.05) is 12.1 Å². The van der Waals surface area contributed by atoms with E-state index in [-0.39, 0.29) is 0 Å². The average molecular weight is 167 g/mol. The van der Waals surface area contributed by atoms with Gasteiger partial charge >= 0.3 is 0 Å². The van der Waals surface area contributed by atoms with Gasteiger partial charge in [0.1, 0.15) is 0 Å². The molecule has 0 radical (unpaired) electrons. The minimum Gasteiger partial charge on any atom is -0.310 e. The van der Waals surface area contributed by atoms with Crippen LogP contribution in [0.4, 0.5) is 0 Å². The third-order valence-electron chi connectivity index (χ3n) is 3.78. The molecule has 12 heavy (non-hydrogen) atoms. The molecule has 1 nitrogen and oxygen atoms in total. The Morgan fingerprint density at radius 3 is 2.42 bits per heavy atom. The third kappa shape index (κ3) is 1.52. The van der Waals surface area contributed by atoms with Crippen LogP contribution < -0.4 is 5.32 Å². The molecule has 0 aliphatic heterocycles. The Kier molecular flexibility index (Phi) is 1.95. The highest BCUT2D eigenvalue weighted by Gasteiger charge is 2.40. The van der Waals surface area contributed by atoms with Gasteiger partial charge in [-0.15, -0.1) is 0 Å². The maximum absolute atomic E-state index is 3.79. The molecule has 1 unspecified atom stereocenters. The maximum atomic E-state index is 3.79. The standard InChI is InChI=1S/C11H21N/c1-8-7-9(8)12-10-5-4-6-11(10,2)3/h8-10,12H,4-7H2,1-3H3/t8-,9-,10?/m1/s1. The third-order valence-corrected chi connectivity index (χ3v) is 3.78. The van der Waals surface area contributed by atoms with Gasteiger partial charge in [-0.05, 0) is 30.6 Å². The second-order valence-electron chi connectivity index (χ2n) is 5.42. The summed E-state index contributed by atoms with van der Waals surface area (Å²) in [6.07, 6.45) is 5.64. The first kappa shape index (κ1) is 8.55. The summed E-state index contributed by atoms with van der Waals surface area (Å²) in [5.74, 6) is 0.946. The Morgan fingerprint density at radius 1 is 1.33 bits per heavy atom. The summed E-state index contributed by atoms with van der Waals surface area (Å²) >= 11 is 0. The van der Waals surface area contributed by atoms with Crippen molar-refractivity contribution in [3.8, 4) is 0 Å². The van der Waals surface area contributed by atoms with Crippen LogP contribution in [0.25, 0.3) is 0 Å². The van der Waals surface area contributed by atoms with Crippen molar-refractivity contribution < 1.29 is 0 Å². The summed E-state index contributed by atoms with van der Waals surface area (Å²) in [4.78, 5) is 0. The van der Waals surface area contributed by atoms with Crippen molar-refractivity contribution in [3.63, 3.8) is 0 Å². The van der Waals surface area contributed by atoms with Crippen LogP contribution in [0.5, 0.6) is 0 Å². The minimum absolute atomic E-state index is 0.558. The zero-order chi connectivity index (χ0) is 8.77. The van der Waals surface area contributed by atoms with Crippen LogP contribution in [0.15, 0.2) is 0 Å². The molecule has 0 spiro atoms. The lowest BCUT2D eigenvalue weighted by Gasteiger charge is -2.28. The van der Waals surface area contributed by atoms with Crippen LogP contribution in [-0.4, -0.2) is 12.1 Å². The Bertz CT molecular complexity index is 174. The van der Waals surface area contributed by atoms with Crippen molar-refractivity contribution in [3.05, 3.63) is 0 Å². The molecule has 1 heteroatoms. The fourth-order valence-corrected chi connectivity index (χ4v) is 2.45. The zero-order valence-corrected chi connectivity index (χ0v) is 8.56. The molecule has 1 N–H and O–H groups in total. The molecule has 0 amide bonds. The van der Waals surface area contributed by atoms with Gasteiger partial charge < -0.3 is 5.32 Å².